The third-order valence-electron chi connectivity index (χ3n) is 3.21. The van der Waals surface area contributed by atoms with E-state index in [1.54, 1.807) is 13.2 Å². The zero-order valence-corrected chi connectivity index (χ0v) is 12.6. The van der Waals surface area contributed by atoms with Crippen LogP contribution in [0.25, 0.3) is 21.8 Å². The highest BCUT2D eigenvalue weighted by Gasteiger charge is 2.13. The number of aromatic nitrogens is 2. The highest BCUT2D eigenvalue weighted by Crippen LogP contribution is 2.28. The van der Waals surface area contributed by atoms with Crippen molar-refractivity contribution in [2.75, 3.05) is 7.11 Å². The van der Waals surface area contributed by atoms with Crippen molar-refractivity contribution in [1.29, 1.82) is 0 Å². The van der Waals surface area contributed by atoms with Gasteiger partial charge in [-0.25, -0.2) is 0 Å². The fourth-order valence-electron chi connectivity index (χ4n) is 2.07. The van der Waals surface area contributed by atoms with E-state index in [4.69, 9.17) is 10.5 Å². The number of carbonyl (C=O) groups excluding carboxylic acids is 1. The van der Waals surface area contributed by atoms with E-state index >= 15 is 0 Å². The summed E-state index contributed by atoms with van der Waals surface area (Å²) in [5.41, 5.74) is 8.16. The lowest BCUT2D eigenvalue weighted by atomic mass is 10.1. The number of methoxy groups -OCH3 is 1. The van der Waals surface area contributed by atoms with Crippen LogP contribution in [0.3, 0.4) is 0 Å². The highest BCUT2D eigenvalue weighted by molar-refractivity contribution is 7.14. The van der Waals surface area contributed by atoms with Gasteiger partial charge in [0.05, 0.1) is 23.2 Å². The largest absolute Gasteiger partial charge is 0.497 e. The van der Waals surface area contributed by atoms with Crippen LogP contribution in [0.2, 0.25) is 0 Å². The molecule has 0 spiro atoms. The molecule has 5 nitrogen and oxygen atoms in total. The van der Waals surface area contributed by atoms with Gasteiger partial charge in [-0.15, -0.1) is 21.5 Å². The standard InChI is InChI=1S/C16H13N3O2S/c1-21-11-4-2-10(3-5-11)13-6-7-14(19-18-13)15-12(16(17)20)8-9-22-15/h2-9H,1H3,(H2,17,20). The van der Waals surface area contributed by atoms with Gasteiger partial charge < -0.3 is 10.5 Å². The number of rotatable bonds is 4. The molecule has 6 heteroatoms. The normalized spacial score (nSPS) is 10.4. The molecule has 0 unspecified atom stereocenters. The highest BCUT2D eigenvalue weighted by atomic mass is 32.1. The molecule has 0 saturated carbocycles. The topological polar surface area (TPSA) is 78.1 Å². The quantitative estimate of drug-likeness (QED) is 0.803. The average molecular weight is 311 g/mol. The third kappa shape index (κ3) is 2.68. The number of ether oxygens (including phenoxy) is 1. The second-order valence-electron chi connectivity index (χ2n) is 4.56. The van der Waals surface area contributed by atoms with Crippen LogP contribution in [0.1, 0.15) is 10.4 Å². The van der Waals surface area contributed by atoms with E-state index in [-0.39, 0.29) is 0 Å². The van der Waals surface area contributed by atoms with Gasteiger partial charge in [0.15, 0.2) is 0 Å². The molecule has 2 N–H and O–H groups in total. The summed E-state index contributed by atoms with van der Waals surface area (Å²) in [7, 11) is 1.63. The van der Waals surface area contributed by atoms with Crippen molar-refractivity contribution in [3.8, 4) is 27.6 Å². The fourth-order valence-corrected chi connectivity index (χ4v) is 2.94. The molecule has 2 aromatic heterocycles. The number of hydrogen-bond donors (Lipinski definition) is 1. The molecule has 0 bridgehead atoms. The monoisotopic (exact) mass is 311 g/mol. The summed E-state index contributed by atoms with van der Waals surface area (Å²) in [6, 6.07) is 13.0. The van der Waals surface area contributed by atoms with E-state index in [0.29, 0.717) is 11.3 Å². The zero-order chi connectivity index (χ0) is 15.5. The van der Waals surface area contributed by atoms with E-state index < -0.39 is 5.91 Å². The molecule has 110 valence electrons. The molecule has 2 heterocycles. The first-order valence-electron chi connectivity index (χ1n) is 6.55. The van der Waals surface area contributed by atoms with Crippen molar-refractivity contribution in [2.24, 2.45) is 5.73 Å². The van der Waals surface area contributed by atoms with Crippen molar-refractivity contribution < 1.29 is 9.53 Å². The van der Waals surface area contributed by atoms with Crippen molar-refractivity contribution >= 4 is 17.2 Å². The molecule has 0 radical (unpaired) electrons. The maximum atomic E-state index is 11.4. The Morgan fingerprint density at radius 1 is 1.05 bits per heavy atom. The smallest absolute Gasteiger partial charge is 0.250 e. The number of carbonyl (C=O) groups is 1. The Balaban J connectivity index is 1.92. The van der Waals surface area contributed by atoms with E-state index in [1.165, 1.54) is 11.3 Å². The van der Waals surface area contributed by atoms with Crippen LogP contribution in [0.5, 0.6) is 5.75 Å². The Hall–Kier alpha value is -2.73. The summed E-state index contributed by atoms with van der Waals surface area (Å²) < 4.78 is 5.13. The van der Waals surface area contributed by atoms with Gasteiger partial charge in [0.25, 0.3) is 0 Å². The fraction of sp³-hybridized carbons (Fsp3) is 0.0625. The van der Waals surface area contributed by atoms with Crippen molar-refractivity contribution in [3.63, 3.8) is 0 Å². The Morgan fingerprint density at radius 2 is 1.73 bits per heavy atom. The SMILES string of the molecule is COc1ccc(-c2ccc(-c3sccc3C(N)=O)nn2)cc1. The molecule has 0 saturated heterocycles. The van der Waals surface area contributed by atoms with Gasteiger partial charge in [-0.3, -0.25) is 4.79 Å². The van der Waals surface area contributed by atoms with Gasteiger partial charge in [0.2, 0.25) is 5.91 Å². The van der Waals surface area contributed by atoms with Crippen LogP contribution in [0.15, 0.2) is 47.8 Å². The van der Waals surface area contributed by atoms with Crippen LogP contribution in [0.4, 0.5) is 0 Å². The van der Waals surface area contributed by atoms with Crippen molar-refractivity contribution in [2.45, 2.75) is 0 Å². The van der Waals surface area contributed by atoms with Crippen LogP contribution >= 0.6 is 11.3 Å². The number of nitrogens with two attached hydrogens (primary N) is 1. The number of benzene rings is 1. The minimum atomic E-state index is -0.461. The molecule has 1 amide bonds. The number of nitrogens with zero attached hydrogens (tertiary/aromatic N) is 2. The number of thiophene rings is 1. The first-order chi connectivity index (χ1) is 10.7. The predicted molar refractivity (Wildman–Crippen MR) is 85.9 cm³/mol. The van der Waals surface area contributed by atoms with Gasteiger partial charge in [-0.05, 0) is 47.8 Å². The third-order valence-corrected chi connectivity index (χ3v) is 4.15. The molecule has 0 aliphatic rings. The summed E-state index contributed by atoms with van der Waals surface area (Å²) in [6.07, 6.45) is 0. The van der Waals surface area contributed by atoms with Crippen molar-refractivity contribution in [3.05, 3.63) is 53.4 Å². The molecule has 0 atom stereocenters. The van der Waals surface area contributed by atoms with Crippen molar-refractivity contribution in [1.82, 2.24) is 10.2 Å². The van der Waals surface area contributed by atoms with E-state index in [2.05, 4.69) is 10.2 Å². The lowest BCUT2D eigenvalue weighted by Gasteiger charge is -2.04. The summed E-state index contributed by atoms with van der Waals surface area (Å²) in [6.45, 7) is 0. The minimum Gasteiger partial charge on any atom is -0.497 e. The Bertz CT molecular complexity index is 795. The van der Waals surface area contributed by atoms with Gasteiger partial charge >= 0.3 is 0 Å². The van der Waals surface area contributed by atoms with Gasteiger partial charge in [-0.1, -0.05) is 0 Å². The maximum Gasteiger partial charge on any atom is 0.250 e. The Labute approximate surface area is 131 Å². The lowest BCUT2D eigenvalue weighted by molar-refractivity contribution is 0.100. The first-order valence-corrected chi connectivity index (χ1v) is 7.43. The van der Waals surface area contributed by atoms with E-state index in [1.807, 2.05) is 41.8 Å². The minimum absolute atomic E-state index is 0.461. The van der Waals surface area contributed by atoms with E-state index in [9.17, 15) is 4.79 Å². The number of primary amides is 1. The Kier molecular flexibility index (Phi) is 3.84. The summed E-state index contributed by atoms with van der Waals surface area (Å²) in [5, 5.41) is 10.2. The van der Waals surface area contributed by atoms with Gasteiger partial charge in [0.1, 0.15) is 11.4 Å². The molecular weight excluding hydrogens is 298 g/mol. The summed E-state index contributed by atoms with van der Waals surface area (Å²) in [5.74, 6) is 0.329. The summed E-state index contributed by atoms with van der Waals surface area (Å²) >= 11 is 1.42. The number of hydrogen-bond acceptors (Lipinski definition) is 5. The van der Waals surface area contributed by atoms with Crippen LogP contribution in [0, 0.1) is 0 Å². The average Bonchev–Trinajstić information content (AvgIpc) is 3.05. The molecular formula is C16H13N3O2S. The molecule has 0 fully saturated rings. The van der Waals surface area contributed by atoms with Gasteiger partial charge in [-0.2, -0.15) is 0 Å². The maximum absolute atomic E-state index is 11.4. The molecule has 0 aliphatic heterocycles. The van der Waals surface area contributed by atoms with Crippen LogP contribution in [-0.2, 0) is 0 Å². The van der Waals surface area contributed by atoms with E-state index in [0.717, 1.165) is 21.9 Å². The molecule has 3 rings (SSSR count). The van der Waals surface area contributed by atoms with Crippen LogP contribution in [-0.4, -0.2) is 23.2 Å². The Morgan fingerprint density at radius 3 is 2.32 bits per heavy atom. The molecule has 1 aromatic carbocycles. The first kappa shape index (κ1) is 14.2. The second-order valence-corrected chi connectivity index (χ2v) is 5.48. The lowest BCUT2D eigenvalue weighted by Crippen LogP contribution is -2.10. The summed E-state index contributed by atoms with van der Waals surface area (Å²) in [4.78, 5) is 12.1. The predicted octanol–water partition coefficient (Wildman–Crippen LogP) is 2.98. The molecule has 3 aromatic rings. The zero-order valence-electron chi connectivity index (χ0n) is 11.8. The van der Waals surface area contributed by atoms with Gasteiger partial charge in [0, 0.05) is 5.56 Å². The molecule has 22 heavy (non-hydrogen) atoms. The second kappa shape index (κ2) is 5.95. The number of amides is 1. The molecule has 0 aliphatic carbocycles. The van der Waals surface area contributed by atoms with Crippen LogP contribution < -0.4 is 10.5 Å².